The van der Waals surface area contributed by atoms with Crippen molar-refractivity contribution in [3.05, 3.63) is 30.5 Å². The van der Waals surface area contributed by atoms with Crippen molar-refractivity contribution in [2.75, 3.05) is 31.9 Å². The van der Waals surface area contributed by atoms with Gasteiger partial charge in [-0.3, -0.25) is 4.79 Å². The Hall–Kier alpha value is -2.95. The lowest BCUT2D eigenvalue weighted by Gasteiger charge is -2.18. The van der Waals surface area contributed by atoms with Gasteiger partial charge < -0.3 is 34.7 Å². The van der Waals surface area contributed by atoms with Crippen LogP contribution in [0.3, 0.4) is 0 Å². The molecule has 0 spiro atoms. The third-order valence-electron chi connectivity index (χ3n) is 5.09. The van der Waals surface area contributed by atoms with Crippen molar-refractivity contribution < 1.29 is 28.5 Å². The molecule has 1 aromatic heterocycles. The Labute approximate surface area is 166 Å². The van der Waals surface area contributed by atoms with Gasteiger partial charge in [-0.2, -0.15) is 0 Å². The number of amides is 1. The Bertz CT molecular complexity index is 925. The maximum atomic E-state index is 10.9. The van der Waals surface area contributed by atoms with Gasteiger partial charge in [-0.15, -0.1) is 0 Å². The average molecular weight is 400 g/mol. The van der Waals surface area contributed by atoms with E-state index < -0.39 is 5.91 Å². The second-order valence-electron chi connectivity index (χ2n) is 7.00. The predicted octanol–water partition coefficient (Wildman–Crippen LogP) is 0.321. The Morgan fingerprint density at radius 2 is 2.03 bits per heavy atom. The summed E-state index contributed by atoms with van der Waals surface area (Å²) in [4.78, 5) is 19.9. The van der Waals surface area contributed by atoms with E-state index >= 15 is 0 Å². The van der Waals surface area contributed by atoms with Gasteiger partial charge in [0, 0.05) is 11.8 Å². The number of carbonyl (C=O) groups excluding carboxylic acids is 1. The molecule has 0 radical (unpaired) electrons. The lowest BCUT2D eigenvalue weighted by Crippen LogP contribution is -2.37. The van der Waals surface area contributed by atoms with Gasteiger partial charge in [0.2, 0.25) is 18.6 Å². The van der Waals surface area contributed by atoms with E-state index in [4.69, 9.17) is 29.4 Å². The standard InChI is InChI=1S/C19H20N4O6/c20-16(24)8-25-15-7-27-17-12(6-26-18(15)17)23-19-21-4-3-11(22-19)10-1-2-13-14(5-10)29-9-28-13/h1-5,12,15,17-18H,6-9H2,(H2,20,24)(H,21,22,23)/t12-,15+,17+,18+/m0/s1. The van der Waals surface area contributed by atoms with Crippen molar-refractivity contribution in [2.45, 2.75) is 24.4 Å². The molecule has 4 heterocycles. The fourth-order valence-electron chi connectivity index (χ4n) is 3.73. The van der Waals surface area contributed by atoms with E-state index in [0.717, 1.165) is 17.0 Å². The Kier molecular flexibility index (Phi) is 4.66. The van der Waals surface area contributed by atoms with E-state index in [2.05, 4.69) is 15.3 Å². The molecule has 1 amide bonds. The topological polar surface area (TPSA) is 127 Å². The number of nitrogens with zero attached hydrogens (tertiary/aromatic N) is 2. The van der Waals surface area contributed by atoms with Crippen molar-refractivity contribution in [1.29, 1.82) is 0 Å². The highest BCUT2D eigenvalue weighted by Crippen LogP contribution is 2.35. The molecule has 152 valence electrons. The summed E-state index contributed by atoms with van der Waals surface area (Å²) in [5.41, 5.74) is 6.80. The number of rotatable bonds is 6. The molecule has 5 rings (SSSR count). The van der Waals surface area contributed by atoms with Crippen molar-refractivity contribution >= 4 is 11.9 Å². The Morgan fingerprint density at radius 1 is 1.17 bits per heavy atom. The van der Waals surface area contributed by atoms with Gasteiger partial charge in [-0.25, -0.2) is 9.97 Å². The largest absolute Gasteiger partial charge is 0.454 e. The zero-order chi connectivity index (χ0) is 19.8. The molecule has 0 bridgehead atoms. The molecule has 0 saturated carbocycles. The summed E-state index contributed by atoms with van der Waals surface area (Å²) in [6.07, 6.45) is 0.895. The third kappa shape index (κ3) is 3.57. The van der Waals surface area contributed by atoms with Gasteiger partial charge in [0.1, 0.15) is 24.9 Å². The van der Waals surface area contributed by atoms with E-state index in [1.165, 1.54) is 0 Å². The van der Waals surface area contributed by atoms with E-state index in [1.807, 2.05) is 24.3 Å². The molecule has 10 nitrogen and oxygen atoms in total. The quantitative estimate of drug-likeness (QED) is 0.705. The van der Waals surface area contributed by atoms with Crippen LogP contribution in [-0.2, 0) is 19.0 Å². The van der Waals surface area contributed by atoms with Gasteiger partial charge in [0.05, 0.1) is 24.9 Å². The molecule has 2 aromatic rings. The minimum absolute atomic E-state index is 0.130. The van der Waals surface area contributed by atoms with Crippen LogP contribution in [0.25, 0.3) is 11.3 Å². The number of nitrogens with one attached hydrogen (secondary N) is 1. The average Bonchev–Trinajstić information content (AvgIpc) is 3.44. The zero-order valence-corrected chi connectivity index (χ0v) is 15.4. The van der Waals surface area contributed by atoms with E-state index in [9.17, 15) is 4.79 Å². The van der Waals surface area contributed by atoms with Crippen LogP contribution in [0.15, 0.2) is 30.5 Å². The molecule has 3 aliphatic rings. The van der Waals surface area contributed by atoms with Crippen molar-refractivity contribution in [2.24, 2.45) is 5.73 Å². The molecule has 0 unspecified atom stereocenters. The second-order valence-corrected chi connectivity index (χ2v) is 7.00. The number of hydrogen-bond acceptors (Lipinski definition) is 9. The van der Waals surface area contributed by atoms with Gasteiger partial charge in [0.25, 0.3) is 0 Å². The molecule has 10 heteroatoms. The van der Waals surface area contributed by atoms with Crippen LogP contribution in [0.2, 0.25) is 0 Å². The number of ether oxygens (including phenoxy) is 5. The number of benzene rings is 1. The van der Waals surface area contributed by atoms with Gasteiger partial charge in [-0.05, 0) is 24.3 Å². The molecule has 4 atom stereocenters. The minimum Gasteiger partial charge on any atom is -0.454 e. The number of primary amides is 1. The first-order valence-corrected chi connectivity index (χ1v) is 9.30. The van der Waals surface area contributed by atoms with Crippen molar-refractivity contribution in [3.8, 4) is 22.8 Å². The van der Waals surface area contributed by atoms with Crippen LogP contribution in [0.1, 0.15) is 0 Å². The number of nitrogens with two attached hydrogens (primary N) is 1. The maximum Gasteiger partial charge on any atom is 0.243 e. The zero-order valence-electron chi connectivity index (χ0n) is 15.4. The number of fused-ring (bicyclic) bond motifs is 2. The lowest BCUT2D eigenvalue weighted by molar-refractivity contribution is -0.126. The fraction of sp³-hybridized carbons (Fsp3) is 0.421. The SMILES string of the molecule is NC(=O)CO[C@@H]1CO[C@H]2[C@@H]1OC[C@@H]2Nc1nccc(-c2ccc3c(c2)OCO3)n1. The summed E-state index contributed by atoms with van der Waals surface area (Å²) in [7, 11) is 0. The number of carbonyl (C=O) groups is 1. The smallest absolute Gasteiger partial charge is 0.243 e. The van der Waals surface area contributed by atoms with Crippen LogP contribution in [0.5, 0.6) is 11.5 Å². The summed E-state index contributed by atoms with van der Waals surface area (Å²) < 4.78 is 27.9. The molecular formula is C19H20N4O6. The summed E-state index contributed by atoms with van der Waals surface area (Å²) in [6, 6.07) is 7.38. The van der Waals surface area contributed by atoms with Crippen LogP contribution in [-0.4, -0.2) is 66.8 Å². The van der Waals surface area contributed by atoms with E-state index in [0.29, 0.717) is 24.9 Å². The number of hydrogen-bond donors (Lipinski definition) is 2. The highest BCUT2D eigenvalue weighted by atomic mass is 16.7. The van der Waals surface area contributed by atoms with E-state index in [-0.39, 0.29) is 37.8 Å². The molecule has 3 N–H and O–H groups in total. The first-order chi connectivity index (χ1) is 14.2. The first-order valence-electron chi connectivity index (χ1n) is 9.30. The molecule has 3 aliphatic heterocycles. The normalized spacial score (nSPS) is 27.0. The summed E-state index contributed by atoms with van der Waals surface area (Å²) in [6.45, 7) is 0.839. The highest BCUT2D eigenvalue weighted by molar-refractivity contribution is 5.75. The molecule has 29 heavy (non-hydrogen) atoms. The molecule has 2 fully saturated rings. The highest BCUT2D eigenvalue weighted by Gasteiger charge is 2.48. The van der Waals surface area contributed by atoms with Gasteiger partial charge in [0.15, 0.2) is 11.5 Å². The molecular weight excluding hydrogens is 380 g/mol. The van der Waals surface area contributed by atoms with Gasteiger partial charge in [-0.1, -0.05) is 0 Å². The van der Waals surface area contributed by atoms with E-state index in [1.54, 1.807) is 6.20 Å². The summed E-state index contributed by atoms with van der Waals surface area (Å²) in [5.74, 6) is 1.38. The predicted molar refractivity (Wildman–Crippen MR) is 99.4 cm³/mol. The first kappa shape index (κ1) is 18.1. The molecule has 0 aliphatic carbocycles. The van der Waals surface area contributed by atoms with Crippen LogP contribution < -0.4 is 20.5 Å². The maximum absolute atomic E-state index is 10.9. The van der Waals surface area contributed by atoms with Crippen LogP contribution in [0, 0.1) is 0 Å². The summed E-state index contributed by atoms with van der Waals surface area (Å²) >= 11 is 0. The fourth-order valence-corrected chi connectivity index (χ4v) is 3.73. The third-order valence-corrected chi connectivity index (χ3v) is 5.09. The number of anilines is 1. The van der Waals surface area contributed by atoms with Crippen LogP contribution >= 0.6 is 0 Å². The Morgan fingerprint density at radius 3 is 2.93 bits per heavy atom. The minimum atomic E-state index is -0.519. The van der Waals surface area contributed by atoms with Crippen molar-refractivity contribution in [1.82, 2.24) is 9.97 Å². The monoisotopic (exact) mass is 400 g/mol. The van der Waals surface area contributed by atoms with Gasteiger partial charge >= 0.3 is 0 Å². The molecule has 1 aromatic carbocycles. The molecule has 2 saturated heterocycles. The van der Waals surface area contributed by atoms with Crippen LogP contribution in [0.4, 0.5) is 5.95 Å². The lowest BCUT2D eigenvalue weighted by atomic mass is 10.1. The number of aromatic nitrogens is 2. The Balaban J connectivity index is 1.27. The van der Waals surface area contributed by atoms with Crippen molar-refractivity contribution in [3.63, 3.8) is 0 Å². The second kappa shape index (κ2) is 7.47. The summed E-state index contributed by atoms with van der Waals surface area (Å²) in [5, 5.41) is 3.28.